The maximum absolute atomic E-state index is 11.3. The molecule has 0 saturated carbocycles. The second-order valence-electron chi connectivity index (χ2n) is 4.89. The van der Waals surface area contributed by atoms with Gasteiger partial charge in [-0.05, 0) is 18.1 Å². The molecule has 1 rings (SSSR count). The molecule has 96 valence electrons. The lowest BCUT2D eigenvalue weighted by molar-refractivity contribution is -0.141. The van der Waals surface area contributed by atoms with Crippen LogP contribution in [0.5, 0.6) is 0 Å². The van der Waals surface area contributed by atoms with E-state index in [2.05, 4.69) is 42.6 Å². The first-order chi connectivity index (χ1) is 7.80. The van der Waals surface area contributed by atoms with Crippen LogP contribution in [0.2, 0.25) is 0 Å². The monoisotopic (exact) mass is 257 g/mol. The van der Waals surface area contributed by atoms with Crippen molar-refractivity contribution in [3.8, 4) is 0 Å². The minimum atomic E-state index is -0.330. The highest BCUT2D eigenvalue weighted by Crippen LogP contribution is 2.29. The van der Waals surface area contributed by atoms with Crippen LogP contribution in [0.15, 0.2) is 0 Å². The first kappa shape index (κ1) is 13.9. The molecule has 1 aromatic rings. The first-order valence-electron chi connectivity index (χ1n) is 5.53. The summed E-state index contributed by atoms with van der Waals surface area (Å²) in [6, 6.07) is 0. The molecule has 0 aliphatic rings. The minimum Gasteiger partial charge on any atom is -0.468 e. The lowest BCUT2D eigenvalue weighted by Gasteiger charge is -2.28. The summed E-state index contributed by atoms with van der Waals surface area (Å²) in [7, 11) is 1.36. The average Bonchev–Trinajstić information content (AvgIpc) is 2.60. The highest BCUT2D eigenvalue weighted by atomic mass is 32.1. The molecule has 0 unspecified atom stereocenters. The number of aromatic nitrogens is 3. The Bertz CT molecular complexity index is 460. The third-order valence-corrected chi connectivity index (χ3v) is 3.60. The van der Waals surface area contributed by atoms with E-state index in [4.69, 9.17) is 12.2 Å². The van der Waals surface area contributed by atoms with Crippen molar-refractivity contribution in [1.29, 1.82) is 0 Å². The Balaban J connectivity index is 3.19. The Labute approximate surface area is 106 Å². The number of esters is 1. The molecule has 0 aromatic carbocycles. The lowest BCUT2D eigenvalue weighted by Crippen LogP contribution is -2.30. The SMILES string of the molecule is COC(=O)Cn1c(C(C)(C)C(C)C)n[nH]c1=S. The molecule has 0 bridgehead atoms. The molecule has 0 aliphatic carbocycles. The largest absolute Gasteiger partial charge is 0.468 e. The number of hydrogen-bond donors (Lipinski definition) is 1. The van der Waals surface area contributed by atoms with Gasteiger partial charge in [0.1, 0.15) is 12.4 Å². The van der Waals surface area contributed by atoms with Crippen LogP contribution in [0.1, 0.15) is 33.5 Å². The fourth-order valence-corrected chi connectivity index (χ4v) is 1.60. The topological polar surface area (TPSA) is 59.9 Å². The van der Waals surface area contributed by atoms with E-state index in [9.17, 15) is 4.79 Å². The summed E-state index contributed by atoms with van der Waals surface area (Å²) < 4.78 is 6.80. The van der Waals surface area contributed by atoms with Gasteiger partial charge in [0, 0.05) is 5.41 Å². The van der Waals surface area contributed by atoms with Gasteiger partial charge in [-0.1, -0.05) is 27.7 Å². The van der Waals surface area contributed by atoms with E-state index in [1.54, 1.807) is 4.57 Å². The number of hydrogen-bond acceptors (Lipinski definition) is 4. The molecular formula is C11H19N3O2S. The van der Waals surface area contributed by atoms with E-state index in [0.29, 0.717) is 10.7 Å². The zero-order valence-electron chi connectivity index (χ0n) is 10.9. The summed E-state index contributed by atoms with van der Waals surface area (Å²) in [6.07, 6.45) is 0. The Morgan fingerprint density at radius 2 is 2.18 bits per heavy atom. The van der Waals surface area contributed by atoms with Gasteiger partial charge >= 0.3 is 5.97 Å². The normalized spacial score (nSPS) is 11.9. The first-order valence-corrected chi connectivity index (χ1v) is 5.94. The molecule has 17 heavy (non-hydrogen) atoms. The molecule has 0 amide bonds. The van der Waals surface area contributed by atoms with Crippen molar-refractivity contribution in [2.24, 2.45) is 5.92 Å². The second-order valence-corrected chi connectivity index (χ2v) is 5.28. The summed E-state index contributed by atoms with van der Waals surface area (Å²) in [6.45, 7) is 8.48. The zero-order valence-corrected chi connectivity index (χ0v) is 11.7. The smallest absolute Gasteiger partial charge is 0.325 e. The number of aromatic amines is 1. The third-order valence-electron chi connectivity index (χ3n) is 3.29. The van der Waals surface area contributed by atoms with Crippen molar-refractivity contribution in [3.05, 3.63) is 10.6 Å². The molecule has 0 radical (unpaired) electrons. The summed E-state index contributed by atoms with van der Waals surface area (Å²) in [5, 5.41) is 6.97. The molecule has 5 nitrogen and oxygen atoms in total. The predicted molar refractivity (Wildman–Crippen MR) is 67.3 cm³/mol. The molecule has 0 aliphatic heterocycles. The van der Waals surface area contributed by atoms with E-state index in [1.165, 1.54) is 7.11 Å². The van der Waals surface area contributed by atoms with Gasteiger partial charge in [0.2, 0.25) is 0 Å². The van der Waals surface area contributed by atoms with Crippen LogP contribution >= 0.6 is 12.2 Å². The predicted octanol–water partition coefficient (Wildman–Crippen LogP) is 2.05. The molecule has 0 fully saturated rings. The summed E-state index contributed by atoms with van der Waals surface area (Å²) >= 11 is 5.13. The Morgan fingerprint density at radius 3 is 2.65 bits per heavy atom. The molecule has 0 atom stereocenters. The van der Waals surface area contributed by atoms with Gasteiger partial charge in [-0.15, -0.1) is 0 Å². The summed E-state index contributed by atoms with van der Waals surface area (Å²) in [4.78, 5) is 11.3. The number of carbonyl (C=O) groups is 1. The van der Waals surface area contributed by atoms with E-state index in [1.807, 2.05) is 0 Å². The number of ether oxygens (including phenoxy) is 1. The Kier molecular flexibility index (Phi) is 4.08. The number of carbonyl (C=O) groups excluding carboxylic acids is 1. The quantitative estimate of drug-likeness (QED) is 0.662. The minimum absolute atomic E-state index is 0.0946. The van der Waals surface area contributed by atoms with Crippen molar-refractivity contribution in [2.75, 3.05) is 7.11 Å². The van der Waals surface area contributed by atoms with Crippen LogP contribution in [0.25, 0.3) is 0 Å². The molecule has 1 N–H and O–H groups in total. The van der Waals surface area contributed by atoms with E-state index < -0.39 is 0 Å². The number of nitrogens with zero attached hydrogens (tertiary/aromatic N) is 2. The fourth-order valence-electron chi connectivity index (χ4n) is 1.41. The van der Waals surface area contributed by atoms with Gasteiger partial charge in [0.25, 0.3) is 0 Å². The molecule has 1 heterocycles. The van der Waals surface area contributed by atoms with Crippen LogP contribution < -0.4 is 0 Å². The van der Waals surface area contributed by atoms with Crippen LogP contribution in [-0.2, 0) is 21.5 Å². The van der Waals surface area contributed by atoms with Gasteiger partial charge in [-0.2, -0.15) is 5.10 Å². The van der Waals surface area contributed by atoms with Crippen molar-refractivity contribution in [2.45, 2.75) is 39.7 Å². The van der Waals surface area contributed by atoms with Crippen molar-refractivity contribution < 1.29 is 9.53 Å². The molecule has 0 saturated heterocycles. The van der Waals surface area contributed by atoms with Crippen molar-refractivity contribution >= 4 is 18.2 Å². The molecule has 0 spiro atoms. The van der Waals surface area contributed by atoms with Crippen LogP contribution in [-0.4, -0.2) is 27.8 Å². The number of H-pyrrole nitrogens is 1. The molecule has 1 aromatic heterocycles. The van der Waals surface area contributed by atoms with Gasteiger partial charge in [-0.3, -0.25) is 14.5 Å². The van der Waals surface area contributed by atoms with Gasteiger partial charge in [-0.25, -0.2) is 0 Å². The maximum atomic E-state index is 11.3. The van der Waals surface area contributed by atoms with Crippen LogP contribution in [0.4, 0.5) is 0 Å². The number of nitrogens with one attached hydrogen (secondary N) is 1. The van der Waals surface area contributed by atoms with Crippen molar-refractivity contribution in [3.63, 3.8) is 0 Å². The highest BCUT2D eigenvalue weighted by Gasteiger charge is 2.31. The number of rotatable bonds is 4. The molecule has 6 heteroatoms. The maximum Gasteiger partial charge on any atom is 0.325 e. The number of methoxy groups -OCH3 is 1. The van der Waals surface area contributed by atoms with Crippen LogP contribution in [0.3, 0.4) is 0 Å². The van der Waals surface area contributed by atoms with E-state index in [0.717, 1.165) is 5.82 Å². The fraction of sp³-hybridized carbons (Fsp3) is 0.727. The summed E-state index contributed by atoms with van der Waals surface area (Å²) in [5.74, 6) is 0.829. The standard InChI is InChI=1S/C11H19N3O2S/c1-7(2)11(3,4)9-12-13-10(17)14(9)6-8(15)16-5/h7H,6H2,1-5H3,(H,13,17). The summed E-state index contributed by atoms with van der Waals surface area (Å²) in [5.41, 5.74) is -0.165. The highest BCUT2D eigenvalue weighted by molar-refractivity contribution is 7.71. The zero-order chi connectivity index (χ0) is 13.2. The van der Waals surface area contributed by atoms with Gasteiger partial charge in [0.15, 0.2) is 4.77 Å². The lowest BCUT2D eigenvalue weighted by atomic mass is 9.80. The van der Waals surface area contributed by atoms with E-state index >= 15 is 0 Å². The average molecular weight is 257 g/mol. The Morgan fingerprint density at radius 1 is 1.59 bits per heavy atom. The van der Waals surface area contributed by atoms with Crippen LogP contribution in [0, 0.1) is 10.7 Å². The molecular weight excluding hydrogens is 238 g/mol. The second kappa shape index (κ2) is 5.00. The van der Waals surface area contributed by atoms with Gasteiger partial charge in [0.05, 0.1) is 7.11 Å². The van der Waals surface area contributed by atoms with Crippen molar-refractivity contribution in [1.82, 2.24) is 14.8 Å². The van der Waals surface area contributed by atoms with E-state index in [-0.39, 0.29) is 17.9 Å². The van der Waals surface area contributed by atoms with Gasteiger partial charge < -0.3 is 4.74 Å². The third kappa shape index (κ3) is 2.74. The Hall–Kier alpha value is -1.17.